The maximum Gasteiger partial charge on any atom is 0.251 e. The van der Waals surface area contributed by atoms with Crippen molar-refractivity contribution in [2.45, 2.75) is 56.8 Å². The molecule has 1 saturated heterocycles. The first-order chi connectivity index (χ1) is 21.6. The van der Waals surface area contributed by atoms with Crippen molar-refractivity contribution in [3.8, 4) is 5.75 Å². The van der Waals surface area contributed by atoms with Crippen LogP contribution in [0, 0.1) is 11.8 Å². The van der Waals surface area contributed by atoms with Crippen molar-refractivity contribution < 1.29 is 14.3 Å². The van der Waals surface area contributed by atoms with E-state index in [9.17, 15) is 9.59 Å². The normalized spacial score (nSPS) is 24.1. The zero-order chi connectivity index (χ0) is 30.0. The van der Waals surface area contributed by atoms with E-state index in [2.05, 4.69) is 50.4 Å². The Bertz CT molecular complexity index is 1620. The summed E-state index contributed by atoms with van der Waals surface area (Å²) in [5, 5.41) is 7.04. The molecule has 2 aliphatic heterocycles. The molecule has 3 aliphatic rings. The van der Waals surface area contributed by atoms with Crippen LogP contribution in [0.2, 0.25) is 0 Å². The topological polar surface area (TPSA) is 88.5 Å². The molecule has 1 aromatic heterocycles. The summed E-state index contributed by atoms with van der Waals surface area (Å²) in [6.07, 6.45) is 8.42. The number of carbonyl (C=O) groups excluding carboxylic acids is 2. The van der Waals surface area contributed by atoms with Gasteiger partial charge < -0.3 is 24.8 Å². The second-order valence-electron chi connectivity index (χ2n) is 12.2. The Labute approximate surface area is 258 Å². The molecule has 0 bridgehead atoms. The summed E-state index contributed by atoms with van der Waals surface area (Å²) in [5.41, 5.74) is 4.01. The Balaban J connectivity index is 1.15. The summed E-state index contributed by atoms with van der Waals surface area (Å²) < 4.78 is 7.55. The van der Waals surface area contributed by atoms with Gasteiger partial charge in [-0.05, 0) is 60.7 Å². The van der Waals surface area contributed by atoms with Crippen LogP contribution >= 0.6 is 0 Å². The van der Waals surface area contributed by atoms with Crippen LogP contribution in [0.5, 0.6) is 5.75 Å². The molecule has 2 unspecified atom stereocenters. The van der Waals surface area contributed by atoms with Gasteiger partial charge in [0.25, 0.3) is 5.91 Å². The zero-order valence-electron chi connectivity index (χ0n) is 25.1. The average Bonchev–Trinajstić information content (AvgIpc) is 3.73. The number of nitrogens with zero attached hydrogens (tertiary/aromatic N) is 3. The number of imidazole rings is 1. The third-order valence-electron chi connectivity index (χ3n) is 9.72. The van der Waals surface area contributed by atoms with E-state index < -0.39 is 0 Å². The second-order valence-corrected chi connectivity index (χ2v) is 12.2. The van der Waals surface area contributed by atoms with Gasteiger partial charge in [-0.25, -0.2) is 4.98 Å². The quantitative estimate of drug-likeness (QED) is 0.277. The predicted molar refractivity (Wildman–Crippen MR) is 169 cm³/mol. The third-order valence-corrected chi connectivity index (χ3v) is 9.72. The summed E-state index contributed by atoms with van der Waals surface area (Å²) >= 11 is 0. The molecule has 2 amide bonds. The number of carbonyl (C=O) groups is 2. The lowest BCUT2D eigenvalue weighted by atomic mass is 9.80. The molecule has 1 saturated carbocycles. The van der Waals surface area contributed by atoms with Gasteiger partial charge in [0.1, 0.15) is 11.6 Å². The molecule has 226 valence electrons. The van der Waals surface area contributed by atoms with Gasteiger partial charge in [0.2, 0.25) is 5.91 Å². The lowest BCUT2D eigenvalue weighted by Gasteiger charge is -2.41. The van der Waals surface area contributed by atoms with Crippen LogP contribution in [0.4, 0.5) is 5.69 Å². The summed E-state index contributed by atoms with van der Waals surface area (Å²) in [6, 6.07) is 25.5. The van der Waals surface area contributed by atoms with Crippen LogP contribution in [0.3, 0.4) is 0 Å². The predicted octanol–water partition coefficient (Wildman–Crippen LogP) is 5.99. The minimum absolute atomic E-state index is 0.0408. The number of hydrogen-bond acceptors (Lipinski definition) is 5. The Kier molecular flexibility index (Phi) is 7.81. The lowest BCUT2D eigenvalue weighted by Crippen LogP contribution is -2.50. The van der Waals surface area contributed by atoms with E-state index in [1.165, 1.54) is 5.56 Å². The number of rotatable bonds is 7. The number of benzene rings is 3. The van der Waals surface area contributed by atoms with E-state index in [-0.39, 0.29) is 41.8 Å². The number of ether oxygens (including phenoxy) is 1. The van der Waals surface area contributed by atoms with Crippen LogP contribution in [0.15, 0.2) is 91.3 Å². The number of nitrogens with one attached hydrogen (secondary N) is 2. The number of anilines is 1. The fourth-order valence-electron chi connectivity index (χ4n) is 7.54. The summed E-state index contributed by atoms with van der Waals surface area (Å²) in [5.74, 6) is 1.81. The Morgan fingerprint density at radius 2 is 1.73 bits per heavy atom. The van der Waals surface area contributed by atoms with Gasteiger partial charge in [0.05, 0.1) is 25.1 Å². The molecular weight excluding hydrogens is 550 g/mol. The van der Waals surface area contributed by atoms with Crippen molar-refractivity contribution in [2.24, 2.45) is 11.8 Å². The highest BCUT2D eigenvalue weighted by atomic mass is 16.5. The molecule has 5 atom stereocenters. The number of para-hydroxylation sites is 1. The van der Waals surface area contributed by atoms with Gasteiger partial charge in [0.15, 0.2) is 0 Å². The molecule has 44 heavy (non-hydrogen) atoms. The van der Waals surface area contributed by atoms with Crippen LogP contribution in [-0.4, -0.2) is 46.0 Å². The molecular formula is C36H39N5O3. The van der Waals surface area contributed by atoms with E-state index in [0.29, 0.717) is 18.7 Å². The third kappa shape index (κ3) is 5.34. The Morgan fingerprint density at radius 1 is 0.955 bits per heavy atom. The summed E-state index contributed by atoms with van der Waals surface area (Å²) in [6.45, 7) is 1.39. The molecule has 0 spiro atoms. The van der Waals surface area contributed by atoms with Gasteiger partial charge in [-0.1, -0.05) is 61.4 Å². The van der Waals surface area contributed by atoms with Crippen molar-refractivity contribution in [2.75, 3.05) is 19.0 Å². The molecule has 0 radical (unpaired) electrons. The SMILES string of the molecule is COc1ccc(Cn2ccnc2C2Nc3ccccc3C3[C@H]2CCN3C(=O)[C@H]2CCCC[C@H]2NC(=O)c2ccccc2)cc1. The van der Waals surface area contributed by atoms with Gasteiger partial charge in [-0.2, -0.15) is 0 Å². The minimum Gasteiger partial charge on any atom is -0.497 e. The molecule has 3 aromatic carbocycles. The van der Waals surface area contributed by atoms with E-state index in [0.717, 1.165) is 54.9 Å². The maximum atomic E-state index is 14.5. The second kappa shape index (κ2) is 12.2. The monoisotopic (exact) mass is 589 g/mol. The van der Waals surface area contributed by atoms with Crippen LogP contribution in [-0.2, 0) is 11.3 Å². The van der Waals surface area contributed by atoms with Crippen molar-refractivity contribution in [3.05, 3.63) is 114 Å². The first kappa shape index (κ1) is 28.2. The first-order valence-electron chi connectivity index (χ1n) is 15.8. The maximum absolute atomic E-state index is 14.5. The molecule has 3 heterocycles. The molecule has 4 aromatic rings. The molecule has 8 heteroatoms. The number of methoxy groups -OCH3 is 1. The highest BCUT2D eigenvalue weighted by Gasteiger charge is 2.49. The largest absolute Gasteiger partial charge is 0.497 e. The standard InChI is InChI=1S/C36H39N5O3/c1-44-26-17-15-24(16-18-26)23-40-22-20-37-34(40)32-29-19-21-41(33(29)27-11-5-7-13-30(27)38-32)36(43)28-12-6-8-14-31(28)39-35(42)25-9-3-2-4-10-25/h2-5,7,9-11,13,15-18,20,22,28-29,31-33,38H,6,8,12,14,19,21,23H2,1H3,(H,39,42)/t28-,29-,31+,32?,33?/m0/s1. The van der Waals surface area contributed by atoms with E-state index in [1.54, 1.807) is 7.11 Å². The Hall–Kier alpha value is -4.59. The zero-order valence-corrected chi connectivity index (χ0v) is 25.1. The van der Waals surface area contributed by atoms with E-state index in [4.69, 9.17) is 9.72 Å². The Morgan fingerprint density at radius 3 is 2.55 bits per heavy atom. The molecule has 1 aliphatic carbocycles. The molecule has 2 N–H and O–H groups in total. The van der Waals surface area contributed by atoms with E-state index in [1.807, 2.05) is 60.9 Å². The van der Waals surface area contributed by atoms with Crippen molar-refractivity contribution in [3.63, 3.8) is 0 Å². The van der Waals surface area contributed by atoms with Gasteiger partial charge in [0, 0.05) is 48.7 Å². The summed E-state index contributed by atoms with van der Waals surface area (Å²) in [4.78, 5) is 34.6. The van der Waals surface area contributed by atoms with E-state index >= 15 is 0 Å². The number of likely N-dealkylation sites (tertiary alicyclic amines) is 1. The molecule has 8 nitrogen and oxygen atoms in total. The summed E-state index contributed by atoms with van der Waals surface area (Å²) in [7, 11) is 1.68. The highest BCUT2D eigenvalue weighted by molar-refractivity contribution is 5.95. The number of amides is 2. The molecule has 7 rings (SSSR count). The highest BCUT2D eigenvalue weighted by Crippen LogP contribution is 2.51. The fourth-order valence-corrected chi connectivity index (χ4v) is 7.54. The molecule has 2 fully saturated rings. The smallest absolute Gasteiger partial charge is 0.251 e. The van der Waals surface area contributed by atoms with Gasteiger partial charge >= 0.3 is 0 Å². The first-order valence-corrected chi connectivity index (χ1v) is 15.8. The minimum atomic E-state index is -0.229. The van der Waals surface area contributed by atoms with Crippen LogP contribution < -0.4 is 15.4 Å². The lowest BCUT2D eigenvalue weighted by molar-refractivity contribution is -0.138. The fraction of sp³-hybridized carbons (Fsp3) is 0.361. The van der Waals surface area contributed by atoms with Crippen LogP contribution in [0.25, 0.3) is 0 Å². The van der Waals surface area contributed by atoms with Crippen molar-refractivity contribution in [1.29, 1.82) is 0 Å². The number of aromatic nitrogens is 2. The van der Waals surface area contributed by atoms with Gasteiger partial charge in [-0.15, -0.1) is 0 Å². The van der Waals surface area contributed by atoms with Gasteiger partial charge in [-0.3, -0.25) is 9.59 Å². The van der Waals surface area contributed by atoms with Crippen LogP contribution in [0.1, 0.15) is 71.5 Å². The number of hydrogen-bond donors (Lipinski definition) is 2. The van der Waals surface area contributed by atoms with Crippen molar-refractivity contribution in [1.82, 2.24) is 19.8 Å². The average molecular weight is 590 g/mol. The van der Waals surface area contributed by atoms with Crippen molar-refractivity contribution >= 4 is 17.5 Å². The number of fused-ring (bicyclic) bond motifs is 3.